The van der Waals surface area contributed by atoms with Crippen molar-refractivity contribution in [1.82, 2.24) is 9.80 Å². The summed E-state index contributed by atoms with van der Waals surface area (Å²) in [7, 11) is 3.29. The maximum Gasteiger partial charge on any atom is 0.323 e. The highest BCUT2D eigenvalue weighted by molar-refractivity contribution is 6.02. The summed E-state index contributed by atoms with van der Waals surface area (Å²) in [5.74, 6) is 0.505. The summed E-state index contributed by atoms with van der Waals surface area (Å²) in [6, 6.07) is 19.8. The van der Waals surface area contributed by atoms with Crippen LogP contribution in [0.25, 0.3) is 0 Å². The summed E-state index contributed by atoms with van der Waals surface area (Å²) in [6.07, 6.45) is 1.77. The van der Waals surface area contributed by atoms with E-state index >= 15 is 0 Å². The molecule has 4 N–H and O–H groups in total. The van der Waals surface area contributed by atoms with Crippen LogP contribution in [0.4, 0.5) is 26.7 Å². The number of amides is 5. The van der Waals surface area contributed by atoms with Crippen LogP contribution in [0.15, 0.2) is 72.8 Å². The molecule has 12 nitrogen and oxygen atoms in total. The number of aliphatic hydroxyl groups is 1. The number of carbonyl (C=O) groups is 3. The predicted octanol–water partition coefficient (Wildman–Crippen LogP) is 6.30. The fourth-order valence-corrected chi connectivity index (χ4v) is 5.52. The molecule has 0 spiro atoms. The van der Waals surface area contributed by atoms with E-state index in [0.29, 0.717) is 35.2 Å². The standard InChI is InChI=1S/C37H49N5O7/c1-25-22-42(26(2)24-43)35(44)32-21-30(39-36(45)38-28-12-7-6-8-13-28)16-19-33(32)49-27(3)11-9-10-20-48-34(25)23-41(4)37(46)40-29-14-17-31(47-5)18-15-29/h6-8,12-19,21,25-27,34,43H,9-11,20,22-24H2,1-5H3,(H,40,46)(H2,38,39,45)/t25-,26-,27-,34-/m0/s1. The van der Waals surface area contributed by atoms with E-state index in [0.717, 1.165) is 19.3 Å². The van der Waals surface area contributed by atoms with Crippen molar-refractivity contribution in [2.45, 2.75) is 58.3 Å². The van der Waals surface area contributed by atoms with E-state index in [4.69, 9.17) is 14.2 Å². The molecule has 0 fully saturated rings. The summed E-state index contributed by atoms with van der Waals surface area (Å²) < 4.78 is 17.9. The fourth-order valence-electron chi connectivity index (χ4n) is 5.52. The molecule has 0 aromatic heterocycles. The molecule has 3 aromatic carbocycles. The second-order valence-corrected chi connectivity index (χ2v) is 12.5. The number of aliphatic hydroxyl groups excluding tert-OH is 1. The normalized spacial score (nSPS) is 19.3. The molecule has 0 aliphatic carbocycles. The zero-order chi connectivity index (χ0) is 35.3. The van der Waals surface area contributed by atoms with Crippen molar-refractivity contribution in [2.24, 2.45) is 5.92 Å². The number of ether oxygens (including phenoxy) is 3. The first-order valence-electron chi connectivity index (χ1n) is 16.7. The smallest absolute Gasteiger partial charge is 0.323 e. The third-order valence-electron chi connectivity index (χ3n) is 8.48. The predicted molar refractivity (Wildman–Crippen MR) is 191 cm³/mol. The number of nitrogens with one attached hydrogen (secondary N) is 3. The van der Waals surface area contributed by atoms with Gasteiger partial charge < -0.3 is 45.1 Å². The molecule has 0 radical (unpaired) electrons. The van der Waals surface area contributed by atoms with Crippen LogP contribution in [0.5, 0.6) is 11.5 Å². The topological polar surface area (TPSA) is 142 Å². The number of benzene rings is 3. The van der Waals surface area contributed by atoms with Gasteiger partial charge in [0.2, 0.25) is 0 Å². The zero-order valence-corrected chi connectivity index (χ0v) is 29.0. The highest BCUT2D eigenvalue weighted by Gasteiger charge is 2.31. The molecule has 4 atom stereocenters. The maximum absolute atomic E-state index is 14.4. The number of nitrogens with zero attached hydrogens (tertiary/aromatic N) is 2. The molecular formula is C37H49N5O7. The van der Waals surface area contributed by atoms with E-state index < -0.39 is 18.2 Å². The number of carbonyl (C=O) groups excluding carboxylic acids is 3. The van der Waals surface area contributed by atoms with Gasteiger partial charge in [-0.2, -0.15) is 0 Å². The molecule has 3 aromatic rings. The summed E-state index contributed by atoms with van der Waals surface area (Å²) in [6.45, 7) is 6.43. The van der Waals surface area contributed by atoms with E-state index in [1.54, 1.807) is 85.5 Å². The number of likely N-dealkylation sites (N-methyl/N-ethyl adjacent to an activating group) is 1. The minimum Gasteiger partial charge on any atom is -0.497 e. The van der Waals surface area contributed by atoms with E-state index in [1.807, 2.05) is 32.0 Å². The molecule has 1 heterocycles. The van der Waals surface area contributed by atoms with E-state index in [1.165, 1.54) is 0 Å². The lowest BCUT2D eigenvalue weighted by Gasteiger charge is -2.35. The Kier molecular flexibility index (Phi) is 13.7. The van der Waals surface area contributed by atoms with Gasteiger partial charge in [0.15, 0.2) is 0 Å². The van der Waals surface area contributed by atoms with Crippen molar-refractivity contribution in [2.75, 3.05) is 56.4 Å². The van der Waals surface area contributed by atoms with Crippen LogP contribution >= 0.6 is 0 Å². The fraction of sp³-hybridized carbons (Fsp3) is 0.432. The van der Waals surface area contributed by atoms with Gasteiger partial charge in [-0.25, -0.2) is 9.59 Å². The van der Waals surface area contributed by atoms with E-state index in [2.05, 4.69) is 16.0 Å². The first kappa shape index (κ1) is 37.0. The molecule has 0 unspecified atom stereocenters. The Morgan fingerprint density at radius 1 is 0.980 bits per heavy atom. The minimum absolute atomic E-state index is 0.194. The first-order chi connectivity index (χ1) is 23.6. The number of para-hydroxylation sites is 1. The molecule has 0 saturated carbocycles. The number of anilines is 3. The van der Waals surface area contributed by atoms with Gasteiger partial charge in [-0.05, 0) is 87.7 Å². The van der Waals surface area contributed by atoms with Crippen LogP contribution in [-0.2, 0) is 4.74 Å². The average Bonchev–Trinajstić information content (AvgIpc) is 3.10. The summed E-state index contributed by atoms with van der Waals surface area (Å²) in [5.41, 5.74) is 1.94. The Morgan fingerprint density at radius 3 is 2.35 bits per heavy atom. The highest BCUT2D eigenvalue weighted by atomic mass is 16.5. The number of methoxy groups -OCH3 is 1. The number of hydrogen-bond acceptors (Lipinski definition) is 7. The third kappa shape index (κ3) is 10.8. The van der Waals surface area contributed by atoms with Gasteiger partial charge in [-0.3, -0.25) is 4.79 Å². The first-order valence-corrected chi connectivity index (χ1v) is 16.7. The number of urea groups is 2. The van der Waals surface area contributed by atoms with Gasteiger partial charge >= 0.3 is 12.1 Å². The van der Waals surface area contributed by atoms with Gasteiger partial charge in [-0.15, -0.1) is 0 Å². The van der Waals surface area contributed by atoms with Crippen molar-refractivity contribution in [3.05, 3.63) is 78.4 Å². The molecule has 4 rings (SSSR count). The lowest BCUT2D eigenvalue weighted by molar-refractivity contribution is -0.0115. The summed E-state index contributed by atoms with van der Waals surface area (Å²) >= 11 is 0. The molecule has 1 aliphatic rings. The van der Waals surface area contributed by atoms with Gasteiger partial charge in [-0.1, -0.05) is 25.1 Å². The minimum atomic E-state index is -0.539. The second-order valence-electron chi connectivity index (χ2n) is 12.5. The molecular weight excluding hydrogens is 626 g/mol. The van der Waals surface area contributed by atoms with Gasteiger partial charge in [0.25, 0.3) is 5.91 Å². The molecule has 0 saturated heterocycles. The second kappa shape index (κ2) is 18.1. The average molecular weight is 676 g/mol. The Morgan fingerprint density at radius 2 is 1.65 bits per heavy atom. The number of hydrogen-bond donors (Lipinski definition) is 4. The lowest BCUT2D eigenvalue weighted by atomic mass is 10.0. The Bertz CT molecular complexity index is 1520. The van der Waals surface area contributed by atoms with Gasteiger partial charge in [0.05, 0.1) is 37.5 Å². The van der Waals surface area contributed by atoms with Crippen LogP contribution in [0, 0.1) is 5.92 Å². The van der Waals surface area contributed by atoms with Gasteiger partial charge in [0, 0.05) is 49.7 Å². The zero-order valence-electron chi connectivity index (χ0n) is 29.0. The van der Waals surface area contributed by atoms with Crippen LogP contribution in [-0.4, -0.2) is 91.6 Å². The Balaban J connectivity index is 1.56. The summed E-state index contributed by atoms with van der Waals surface area (Å²) in [4.78, 5) is 43.5. The molecule has 264 valence electrons. The Hall–Kier alpha value is -4.81. The van der Waals surface area contributed by atoms with E-state index in [-0.39, 0.29) is 49.2 Å². The number of rotatable bonds is 8. The Labute approximate surface area is 288 Å². The molecule has 12 heteroatoms. The van der Waals surface area contributed by atoms with Crippen LogP contribution in [0.3, 0.4) is 0 Å². The molecule has 49 heavy (non-hydrogen) atoms. The van der Waals surface area contributed by atoms with Crippen molar-refractivity contribution < 1.29 is 33.7 Å². The molecule has 1 aliphatic heterocycles. The monoisotopic (exact) mass is 675 g/mol. The number of fused-ring (bicyclic) bond motifs is 1. The van der Waals surface area contributed by atoms with Crippen molar-refractivity contribution in [3.8, 4) is 11.5 Å². The highest BCUT2D eigenvalue weighted by Crippen LogP contribution is 2.29. The van der Waals surface area contributed by atoms with Gasteiger partial charge in [0.1, 0.15) is 11.5 Å². The third-order valence-corrected chi connectivity index (χ3v) is 8.48. The largest absolute Gasteiger partial charge is 0.497 e. The lowest BCUT2D eigenvalue weighted by Crippen LogP contribution is -2.48. The van der Waals surface area contributed by atoms with Crippen LogP contribution in [0.2, 0.25) is 0 Å². The summed E-state index contributed by atoms with van der Waals surface area (Å²) in [5, 5.41) is 18.7. The van der Waals surface area contributed by atoms with E-state index in [9.17, 15) is 19.5 Å². The van der Waals surface area contributed by atoms with Crippen molar-refractivity contribution in [1.29, 1.82) is 0 Å². The van der Waals surface area contributed by atoms with Crippen LogP contribution < -0.4 is 25.4 Å². The SMILES string of the molecule is COc1ccc(NC(=O)N(C)C[C@@H]2OCCCC[C@H](C)Oc3ccc(NC(=O)Nc4ccccc4)cc3C(=O)N([C@@H](C)CO)C[C@@H]2C)cc1. The quantitative estimate of drug-likeness (QED) is 0.220. The molecule has 5 amide bonds. The molecule has 0 bridgehead atoms. The van der Waals surface area contributed by atoms with Crippen molar-refractivity contribution >= 4 is 35.0 Å². The maximum atomic E-state index is 14.4. The van der Waals surface area contributed by atoms with Crippen LogP contribution in [0.1, 0.15) is 50.4 Å². The van der Waals surface area contributed by atoms with Crippen molar-refractivity contribution in [3.63, 3.8) is 0 Å².